The second-order valence-electron chi connectivity index (χ2n) is 3.77. The number of nitrogens with zero attached hydrogens (tertiary/aromatic N) is 2. The van der Waals surface area contributed by atoms with Crippen molar-refractivity contribution >= 4 is 31.6 Å². The Labute approximate surface area is 118 Å². The van der Waals surface area contributed by atoms with Gasteiger partial charge in [-0.25, -0.2) is 8.42 Å². The number of hydrogen-bond donors (Lipinski definition) is 2. The molecule has 1 heterocycles. The number of aromatic nitrogens is 2. The zero-order valence-electron chi connectivity index (χ0n) is 9.81. The number of rotatable bonds is 3. The van der Waals surface area contributed by atoms with Gasteiger partial charge in [0.25, 0.3) is 10.0 Å². The fraction of sp³-hybridized carbons (Fsp3) is 0.0909. The van der Waals surface area contributed by atoms with Crippen LogP contribution in [0.1, 0.15) is 11.3 Å². The van der Waals surface area contributed by atoms with E-state index in [1.54, 1.807) is 19.1 Å². The fourth-order valence-electron chi connectivity index (χ4n) is 1.51. The van der Waals surface area contributed by atoms with Gasteiger partial charge in [-0.3, -0.25) is 9.82 Å². The molecule has 19 heavy (non-hydrogen) atoms. The molecule has 1 aromatic carbocycles. The summed E-state index contributed by atoms with van der Waals surface area (Å²) in [4.78, 5) is 0.0549. The lowest BCUT2D eigenvalue weighted by Gasteiger charge is -2.08. The van der Waals surface area contributed by atoms with Crippen molar-refractivity contribution in [2.24, 2.45) is 0 Å². The number of aromatic amines is 1. The Kier molecular flexibility index (Phi) is 3.59. The minimum Gasteiger partial charge on any atom is -0.281 e. The molecule has 2 aromatic rings. The minimum absolute atomic E-state index is 0.0549. The van der Waals surface area contributed by atoms with E-state index in [2.05, 4.69) is 30.8 Å². The summed E-state index contributed by atoms with van der Waals surface area (Å²) in [5.41, 5.74) is 0.897. The van der Waals surface area contributed by atoms with Crippen molar-refractivity contribution in [3.63, 3.8) is 0 Å². The van der Waals surface area contributed by atoms with Gasteiger partial charge >= 0.3 is 0 Å². The molecular weight excluding hydrogens is 332 g/mol. The van der Waals surface area contributed by atoms with Crippen LogP contribution >= 0.6 is 15.9 Å². The lowest BCUT2D eigenvalue weighted by atomic mass is 10.2. The highest BCUT2D eigenvalue weighted by Crippen LogP contribution is 2.23. The zero-order valence-corrected chi connectivity index (χ0v) is 12.2. The first kappa shape index (κ1) is 13.6. The van der Waals surface area contributed by atoms with E-state index in [1.165, 1.54) is 12.3 Å². The summed E-state index contributed by atoms with van der Waals surface area (Å²) in [5, 5.41) is 15.2. The Bertz CT molecular complexity index is 761. The molecule has 1 aromatic heterocycles. The number of nitriles is 1. The van der Waals surface area contributed by atoms with Crippen LogP contribution in [0.25, 0.3) is 0 Å². The third-order valence-electron chi connectivity index (χ3n) is 2.42. The van der Waals surface area contributed by atoms with Gasteiger partial charge in [-0.05, 0) is 25.1 Å². The van der Waals surface area contributed by atoms with Crippen LogP contribution < -0.4 is 4.72 Å². The van der Waals surface area contributed by atoms with Crippen molar-refractivity contribution in [3.05, 3.63) is 40.1 Å². The van der Waals surface area contributed by atoms with E-state index in [9.17, 15) is 8.42 Å². The minimum atomic E-state index is -3.76. The van der Waals surface area contributed by atoms with E-state index in [0.717, 1.165) is 0 Å². The van der Waals surface area contributed by atoms with Crippen LogP contribution in [-0.4, -0.2) is 18.6 Å². The number of anilines is 1. The van der Waals surface area contributed by atoms with E-state index in [1.807, 2.05) is 6.07 Å². The Morgan fingerprint density at radius 1 is 1.47 bits per heavy atom. The summed E-state index contributed by atoms with van der Waals surface area (Å²) in [6.45, 7) is 1.61. The van der Waals surface area contributed by atoms with Crippen LogP contribution in [0.4, 0.5) is 5.69 Å². The highest BCUT2D eigenvalue weighted by atomic mass is 79.9. The Hall–Kier alpha value is -1.85. The molecule has 2 N–H and O–H groups in total. The average Bonchev–Trinajstić information content (AvgIpc) is 2.78. The Morgan fingerprint density at radius 2 is 2.21 bits per heavy atom. The number of sulfonamides is 1. The molecule has 0 saturated heterocycles. The monoisotopic (exact) mass is 340 g/mol. The van der Waals surface area contributed by atoms with Crippen LogP contribution in [0, 0.1) is 18.3 Å². The van der Waals surface area contributed by atoms with Crippen LogP contribution in [0.5, 0.6) is 0 Å². The highest BCUT2D eigenvalue weighted by molar-refractivity contribution is 9.10. The first-order valence-corrected chi connectivity index (χ1v) is 7.44. The zero-order chi connectivity index (χ0) is 14.0. The summed E-state index contributed by atoms with van der Waals surface area (Å²) in [6, 6.07) is 6.66. The standard InChI is InChI=1S/C11H9BrN4O2S/c1-7-11(6-14-15-7)19(17,18)16-10-3-2-9(12)4-8(10)5-13/h2-4,6,16H,1H3,(H,14,15). The van der Waals surface area contributed by atoms with Gasteiger partial charge in [-0.15, -0.1) is 0 Å². The third-order valence-corrected chi connectivity index (χ3v) is 4.39. The first-order valence-electron chi connectivity index (χ1n) is 5.16. The van der Waals surface area contributed by atoms with Gasteiger partial charge in [0.15, 0.2) is 0 Å². The van der Waals surface area contributed by atoms with Gasteiger partial charge in [0, 0.05) is 4.47 Å². The molecule has 0 amide bonds. The molecule has 0 radical (unpaired) electrons. The van der Waals surface area contributed by atoms with Crippen LogP contribution in [-0.2, 0) is 10.0 Å². The average molecular weight is 341 g/mol. The van der Waals surface area contributed by atoms with Gasteiger partial charge in [-0.2, -0.15) is 10.4 Å². The SMILES string of the molecule is Cc1[nH]ncc1S(=O)(=O)Nc1ccc(Br)cc1C#N. The second kappa shape index (κ2) is 5.03. The van der Waals surface area contributed by atoms with Crippen molar-refractivity contribution in [3.8, 4) is 6.07 Å². The molecule has 0 atom stereocenters. The van der Waals surface area contributed by atoms with Crippen molar-refractivity contribution in [1.29, 1.82) is 5.26 Å². The lowest BCUT2D eigenvalue weighted by Crippen LogP contribution is -2.14. The van der Waals surface area contributed by atoms with E-state index < -0.39 is 10.0 Å². The predicted molar refractivity (Wildman–Crippen MR) is 73.0 cm³/mol. The van der Waals surface area contributed by atoms with Crippen molar-refractivity contribution < 1.29 is 8.42 Å². The number of benzene rings is 1. The normalized spacial score (nSPS) is 11.0. The second-order valence-corrected chi connectivity index (χ2v) is 6.33. The van der Waals surface area contributed by atoms with Crippen molar-refractivity contribution in [2.45, 2.75) is 11.8 Å². The maximum absolute atomic E-state index is 12.1. The topological polar surface area (TPSA) is 98.6 Å². The number of H-pyrrole nitrogens is 1. The summed E-state index contributed by atoms with van der Waals surface area (Å²) in [6.07, 6.45) is 1.22. The first-order chi connectivity index (χ1) is 8.94. The van der Waals surface area contributed by atoms with Gasteiger partial charge in [0.05, 0.1) is 23.1 Å². The lowest BCUT2D eigenvalue weighted by molar-refractivity contribution is 0.600. The molecule has 0 aliphatic heterocycles. The number of hydrogen-bond acceptors (Lipinski definition) is 4. The molecule has 0 bridgehead atoms. The predicted octanol–water partition coefficient (Wildman–Crippen LogP) is 2.15. The summed E-state index contributed by atoms with van der Waals surface area (Å²) in [7, 11) is -3.76. The molecule has 0 unspecified atom stereocenters. The Morgan fingerprint density at radius 3 is 2.79 bits per heavy atom. The van der Waals surface area contributed by atoms with E-state index >= 15 is 0 Å². The summed E-state index contributed by atoms with van der Waals surface area (Å²) in [5.74, 6) is 0. The van der Waals surface area contributed by atoms with Crippen LogP contribution in [0.3, 0.4) is 0 Å². The molecule has 0 fully saturated rings. The maximum Gasteiger partial charge on any atom is 0.265 e. The molecule has 0 aliphatic rings. The van der Waals surface area contributed by atoms with E-state index in [-0.39, 0.29) is 16.1 Å². The van der Waals surface area contributed by atoms with Gasteiger partial charge < -0.3 is 0 Å². The summed E-state index contributed by atoms with van der Waals surface area (Å²) < 4.78 is 27.4. The van der Waals surface area contributed by atoms with E-state index in [0.29, 0.717) is 10.2 Å². The fourth-order valence-corrected chi connectivity index (χ4v) is 3.09. The largest absolute Gasteiger partial charge is 0.281 e. The molecular formula is C11H9BrN4O2S. The maximum atomic E-state index is 12.1. The van der Waals surface area contributed by atoms with Crippen LogP contribution in [0.15, 0.2) is 33.8 Å². The van der Waals surface area contributed by atoms with Gasteiger partial charge in [0.2, 0.25) is 0 Å². The third kappa shape index (κ3) is 2.77. The molecule has 0 spiro atoms. The summed E-state index contributed by atoms with van der Waals surface area (Å²) >= 11 is 3.22. The molecule has 0 saturated carbocycles. The van der Waals surface area contributed by atoms with Gasteiger partial charge in [-0.1, -0.05) is 15.9 Å². The quantitative estimate of drug-likeness (QED) is 0.894. The number of aryl methyl sites for hydroxylation is 1. The molecule has 6 nitrogen and oxygen atoms in total. The molecule has 8 heteroatoms. The number of nitrogens with one attached hydrogen (secondary N) is 2. The van der Waals surface area contributed by atoms with Gasteiger partial charge in [0.1, 0.15) is 11.0 Å². The highest BCUT2D eigenvalue weighted by Gasteiger charge is 2.20. The molecule has 0 aliphatic carbocycles. The van der Waals surface area contributed by atoms with Crippen molar-refractivity contribution in [1.82, 2.24) is 10.2 Å². The van der Waals surface area contributed by atoms with E-state index in [4.69, 9.17) is 5.26 Å². The number of halogens is 1. The van der Waals surface area contributed by atoms with Crippen LogP contribution in [0.2, 0.25) is 0 Å². The van der Waals surface area contributed by atoms with Crippen molar-refractivity contribution in [2.75, 3.05) is 4.72 Å². The smallest absolute Gasteiger partial charge is 0.265 e. The Balaban J connectivity index is 2.42. The molecule has 2 rings (SSSR count). The molecule has 98 valence electrons.